The van der Waals surface area contributed by atoms with Crippen LogP contribution in [-0.2, 0) is 19.1 Å². The van der Waals surface area contributed by atoms with E-state index in [2.05, 4.69) is 17.3 Å². The van der Waals surface area contributed by atoms with Gasteiger partial charge in [0.2, 0.25) is 11.8 Å². The topological polar surface area (TPSA) is 79.0 Å². The monoisotopic (exact) mass is 437 g/mol. The summed E-state index contributed by atoms with van der Waals surface area (Å²) in [5.74, 6) is -0.555. The van der Waals surface area contributed by atoms with Crippen molar-refractivity contribution < 1.29 is 19.1 Å². The van der Waals surface area contributed by atoms with Gasteiger partial charge in [-0.05, 0) is 58.2 Å². The number of rotatable bonds is 8. The summed E-state index contributed by atoms with van der Waals surface area (Å²) in [6.07, 6.45) is 3.40. The SMILES string of the molecule is CCOC(=O)/C(C)=C/[C@H](C(C)C)N(C)C(=O)C(NC(=O)C1CCN(C)CC1)C(C)(C)C. The molecule has 0 aliphatic carbocycles. The lowest BCUT2D eigenvalue weighted by atomic mass is 9.84. The summed E-state index contributed by atoms with van der Waals surface area (Å²) in [5.41, 5.74) is 0.0244. The van der Waals surface area contributed by atoms with Crippen LogP contribution in [0.4, 0.5) is 0 Å². The average molecular weight is 438 g/mol. The number of nitrogens with one attached hydrogen (secondary N) is 1. The molecule has 2 atom stereocenters. The lowest BCUT2D eigenvalue weighted by Crippen LogP contribution is -2.57. The van der Waals surface area contributed by atoms with Gasteiger partial charge in [-0.25, -0.2) is 4.79 Å². The lowest BCUT2D eigenvalue weighted by Gasteiger charge is -2.38. The third-order valence-electron chi connectivity index (χ3n) is 5.98. The van der Waals surface area contributed by atoms with Gasteiger partial charge >= 0.3 is 5.97 Å². The predicted octanol–water partition coefficient (Wildman–Crippen LogP) is 2.85. The summed E-state index contributed by atoms with van der Waals surface area (Å²) < 4.78 is 5.08. The summed E-state index contributed by atoms with van der Waals surface area (Å²) in [4.78, 5) is 42.4. The van der Waals surface area contributed by atoms with Crippen molar-refractivity contribution in [2.45, 2.75) is 73.4 Å². The zero-order chi connectivity index (χ0) is 23.9. The van der Waals surface area contributed by atoms with Crippen molar-refractivity contribution in [2.24, 2.45) is 17.3 Å². The normalized spacial score (nSPS) is 18.5. The molecule has 0 aromatic heterocycles. The van der Waals surface area contributed by atoms with Gasteiger partial charge in [0.1, 0.15) is 6.04 Å². The Bertz CT molecular complexity index is 658. The minimum absolute atomic E-state index is 0.0471. The van der Waals surface area contributed by atoms with Crippen LogP contribution in [0.25, 0.3) is 0 Å². The highest BCUT2D eigenvalue weighted by Gasteiger charge is 2.38. The van der Waals surface area contributed by atoms with E-state index in [1.807, 2.05) is 34.6 Å². The molecule has 178 valence electrons. The van der Waals surface area contributed by atoms with Gasteiger partial charge in [0, 0.05) is 18.5 Å². The molecule has 0 spiro atoms. The van der Waals surface area contributed by atoms with E-state index in [1.54, 1.807) is 31.9 Å². The second-order valence-corrected chi connectivity index (χ2v) is 10.1. The molecule has 2 amide bonds. The molecule has 0 bridgehead atoms. The maximum Gasteiger partial charge on any atom is 0.333 e. The standard InChI is InChI=1S/C24H43N3O4/c1-10-31-23(30)17(4)15-19(16(2)3)27(9)22(29)20(24(5,6)7)25-21(28)18-11-13-26(8)14-12-18/h15-16,18-20H,10-14H2,1-9H3,(H,25,28)/b17-15+/t19-,20?/m1/s1. The summed E-state index contributed by atoms with van der Waals surface area (Å²) in [7, 11) is 3.80. The summed E-state index contributed by atoms with van der Waals surface area (Å²) >= 11 is 0. The van der Waals surface area contributed by atoms with E-state index >= 15 is 0 Å². The molecule has 1 aliphatic heterocycles. The Morgan fingerprint density at radius 3 is 2.19 bits per heavy atom. The third kappa shape index (κ3) is 7.95. The Balaban J connectivity index is 3.05. The number of likely N-dealkylation sites (tertiary alicyclic amines) is 1. The summed E-state index contributed by atoms with van der Waals surface area (Å²) in [5, 5.41) is 3.05. The van der Waals surface area contributed by atoms with Gasteiger partial charge in [-0.2, -0.15) is 0 Å². The maximum absolute atomic E-state index is 13.5. The highest BCUT2D eigenvalue weighted by atomic mass is 16.5. The van der Waals surface area contributed by atoms with E-state index < -0.39 is 11.5 Å². The first-order valence-electron chi connectivity index (χ1n) is 11.4. The lowest BCUT2D eigenvalue weighted by molar-refractivity contribution is -0.141. The van der Waals surface area contributed by atoms with Crippen molar-refractivity contribution in [1.82, 2.24) is 15.1 Å². The molecule has 0 aromatic carbocycles. The number of esters is 1. The Morgan fingerprint density at radius 1 is 1.19 bits per heavy atom. The number of nitrogens with zero attached hydrogens (tertiary/aromatic N) is 2. The van der Waals surface area contributed by atoms with Gasteiger partial charge < -0.3 is 19.9 Å². The van der Waals surface area contributed by atoms with Crippen LogP contribution < -0.4 is 5.32 Å². The fourth-order valence-corrected chi connectivity index (χ4v) is 3.85. The van der Waals surface area contributed by atoms with E-state index in [9.17, 15) is 14.4 Å². The highest BCUT2D eigenvalue weighted by Crippen LogP contribution is 2.25. The fourth-order valence-electron chi connectivity index (χ4n) is 3.85. The Kier molecular flexibility index (Phi) is 10.2. The minimum atomic E-state index is -0.651. The third-order valence-corrected chi connectivity index (χ3v) is 5.98. The van der Waals surface area contributed by atoms with Gasteiger partial charge in [-0.15, -0.1) is 0 Å². The van der Waals surface area contributed by atoms with E-state index in [4.69, 9.17) is 4.74 Å². The van der Waals surface area contributed by atoms with Crippen LogP contribution in [0, 0.1) is 17.3 Å². The van der Waals surface area contributed by atoms with Crippen LogP contribution >= 0.6 is 0 Å². The molecule has 1 N–H and O–H groups in total. The van der Waals surface area contributed by atoms with E-state index in [-0.39, 0.29) is 35.7 Å². The van der Waals surface area contributed by atoms with Crippen molar-refractivity contribution >= 4 is 17.8 Å². The first kappa shape index (κ1) is 27.1. The van der Waals surface area contributed by atoms with Crippen molar-refractivity contribution in [3.8, 4) is 0 Å². The van der Waals surface area contributed by atoms with Crippen molar-refractivity contribution in [2.75, 3.05) is 33.8 Å². The number of amides is 2. The minimum Gasteiger partial charge on any atom is -0.463 e. The van der Waals surface area contributed by atoms with Crippen LogP contribution in [0.5, 0.6) is 0 Å². The number of carbonyl (C=O) groups is 3. The first-order chi connectivity index (χ1) is 14.3. The molecule has 1 saturated heterocycles. The molecule has 7 heteroatoms. The number of hydrogen-bond donors (Lipinski definition) is 1. The fraction of sp³-hybridized carbons (Fsp3) is 0.792. The molecular formula is C24H43N3O4. The summed E-state index contributed by atoms with van der Waals surface area (Å²) in [6, 6.07) is -0.941. The van der Waals surface area contributed by atoms with E-state index in [1.165, 1.54) is 0 Å². The second kappa shape index (κ2) is 11.7. The molecule has 1 rings (SSSR count). The molecular weight excluding hydrogens is 394 g/mol. The van der Waals surface area contributed by atoms with Crippen molar-refractivity contribution in [3.05, 3.63) is 11.6 Å². The molecule has 1 fully saturated rings. The molecule has 0 aromatic rings. The smallest absolute Gasteiger partial charge is 0.333 e. The van der Waals surface area contributed by atoms with Crippen molar-refractivity contribution in [3.63, 3.8) is 0 Å². The molecule has 0 saturated carbocycles. The van der Waals surface area contributed by atoms with Crippen molar-refractivity contribution in [1.29, 1.82) is 0 Å². The molecule has 0 radical (unpaired) electrons. The largest absolute Gasteiger partial charge is 0.463 e. The van der Waals surface area contributed by atoms with Crippen LogP contribution in [0.1, 0.15) is 61.3 Å². The van der Waals surface area contributed by atoms with Gasteiger partial charge in [0.25, 0.3) is 0 Å². The Labute approximate surface area is 188 Å². The zero-order valence-electron chi connectivity index (χ0n) is 20.9. The van der Waals surface area contributed by atoms with E-state index in [0.717, 1.165) is 25.9 Å². The Morgan fingerprint density at radius 2 is 1.74 bits per heavy atom. The van der Waals surface area contributed by atoms with Crippen LogP contribution in [-0.4, -0.2) is 73.5 Å². The quantitative estimate of drug-likeness (QED) is 0.467. The van der Waals surface area contributed by atoms with Crippen LogP contribution in [0.2, 0.25) is 0 Å². The maximum atomic E-state index is 13.5. The molecule has 7 nitrogen and oxygen atoms in total. The Hall–Kier alpha value is -1.89. The molecule has 1 heterocycles. The molecule has 31 heavy (non-hydrogen) atoms. The zero-order valence-corrected chi connectivity index (χ0v) is 20.9. The highest BCUT2D eigenvalue weighted by molar-refractivity contribution is 5.90. The van der Waals surface area contributed by atoms with Gasteiger partial charge in [-0.3, -0.25) is 9.59 Å². The second-order valence-electron chi connectivity index (χ2n) is 10.1. The van der Waals surface area contributed by atoms with Gasteiger partial charge in [-0.1, -0.05) is 40.7 Å². The number of hydrogen-bond acceptors (Lipinski definition) is 5. The van der Waals surface area contributed by atoms with Crippen LogP contribution in [0.3, 0.4) is 0 Å². The first-order valence-corrected chi connectivity index (χ1v) is 11.4. The van der Waals surface area contributed by atoms with Gasteiger partial charge in [0.15, 0.2) is 0 Å². The number of carbonyl (C=O) groups excluding carboxylic acids is 3. The van der Waals surface area contributed by atoms with E-state index in [0.29, 0.717) is 12.2 Å². The number of piperidine rings is 1. The average Bonchev–Trinajstić information content (AvgIpc) is 2.68. The molecule has 1 unspecified atom stereocenters. The predicted molar refractivity (Wildman–Crippen MR) is 123 cm³/mol. The number of likely N-dealkylation sites (N-methyl/N-ethyl adjacent to an activating group) is 1. The number of ether oxygens (including phenoxy) is 1. The van der Waals surface area contributed by atoms with Gasteiger partial charge in [0.05, 0.1) is 12.6 Å². The van der Waals surface area contributed by atoms with Crippen LogP contribution in [0.15, 0.2) is 11.6 Å². The molecule has 1 aliphatic rings. The summed E-state index contributed by atoms with van der Waals surface area (Å²) in [6.45, 7) is 15.4.